The van der Waals surface area contributed by atoms with Crippen LogP contribution in [0, 0.1) is 11.6 Å². The number of carboxylic acids is 1. The first-order valence-electron chi connectivity index (χ1n) is 6.01. The fraction of sp³-hybridized carbons (Fsp3) is 0.0667. The van der Waals surface area contributed by atoms with E-state index in [9.17, 15) is 23.5 Å². The van der Waals surface area contributed by atoms with E-state index in [1.165, 1.54) is 12.1 Å². The predicted octanol–water partition coefficient (Wildman–Crippen LogP) is 2.75. The van der Waals surface area contributed by atoms with E-state index in [2.05, 4.69) is 0 Å². The third-order valence-electron chi connectivity index (χ3n) is 2.94. The van der Waals surface area contributed by atoms with Crippen molar-refractivity contribution in [3.63, 3.8) is 0 Å². The zero-order chi connectivity index (χ0) is 15.4. The molecule has 4 nitrogen and oxygen atoms in total. The molecule has 2 rings (SSSR count). The predicted molar refractivity (Wildman–Crippen MR) is 71.7 cm³/mol. The van der Waals surface area contributed by atoms with E-state index < -0.39 is 23.6 Å². The highest BCUT2D eigenvalue weighted by atomic mass is 19.2. The quantitative estimate of drug-likeness (QED) is 0.862. The maximum absolute atomic E-state index is 13.3. The summed E-state index contributed by atoms with van der Waals surface area (Å²) < 4.78 is 26.2. The Morgan fingerprint density at radius 1 is 1.10 bits per heavy atom. The first kappa shape index (κ1) is 14.6. The lowest BCUT2D eigenvalue weighted by atomic mass is 10.1. The van der Waals surface area contributed by atoms with Crippen LogP contribution in [0.5, 0.6) is 0 Å². The second-order valence-electron chi connectivity index (χ2n) is 4.26. The molecule has 21 heavy (non-hydrogen) atoms. The Bertz CT molecular complexity index is 661. The van der Waals surface area contributed by atoms with Crippen molar-refractivity contribution in [3.8, 4) is 0 Å². The van der Waals surface area contributed by atoms with Crippen LogP contribution in [0.15, 0.2) is 48.5 Å². The lowest BCUT2D eigenvalue weighted by molar-refractivity contribution is -0.139. The first-order chi connectivity index (χ1) is 10.0. The van der Waals surface area contributed by atoms with Crippen LogP contribution < -0.4 is 4.90 Å². The molecule has 0 aromatic heterocycles. The van der Waals surface area contributed by atoms with Gasteiger partial charge in [0.25, 0.3) is 0 Å². The van der Waals surface area contributed by atoms with Crippen LogP contribution in [0.3, 0.4) is 0 Å². The van der Waals surface area contributed by atoms with Gasteiger partial charge in [0.2, 0.25) is 6.41 Å². The number of carbonyl (C=O) groups excluding carboxylic acids is 1. The number of amides is 1. The summed E-state index contributed by atoms with van der Waals surface area (Å²) in [5.74, 6) is -3.51. The number of carbonyl (C=O) groups is 2. The first-order valence-corrected chi connectivity index (χ1v) is 6.01. The van der Waals surface area contributed by atoms with E-state index in [1.54, 1.807) is 18.2 Å². The third-order valence-corrected chi connectivity index (χ3v) is 2.94. The molecule has 0 fully saturated rings. The van der Waals surface area contributed by atoms with Gasteiger partial charge < -0.3 is 5.11 Å². The molecule has 1 atom stereocenters. The fourth-order valence-corrected chi connectivity index (χ4v) is 1.97. The van der Waals surface area contributed by atoms with Gasteiger partial charge >= 0.3 is 5.97 Å². The second-order valence-corrected chi connectivity index (χ2v) is 4.26. The van der Waals surface area contributed by atoms with Crippen molar-refractivity contribution in [1.29, 1.82) is 0 Å². The molecule has 1 unspecified atom stereocenters. The van der Waals surface area contributed by atoms with Gasteiger partial charge in [0, 0.05) is 11.8 Å². The average molecular weight is 291 g/mol. The van der Waals surface area contributed by atoms with E-state index >= 15 is 0 Å². The number of anilines is 1. The van der Waals surface area contributed by atoms with Crippen molar-refractivity contribution in [2.75, 3.05) is 4.90 Å². The number of carboxylic acid groups (broad SMARTS) is 1. The molecule has 2 aromatic carbocycles. The van der Waals surface area contributed by atoms with Crippen molar-refractivity contribution in [1.82, 2.24) is 0 Å². The minimum atomic E-state index is -1.33. The molecular formula is C15H11F2NO3. The normalized spacial score (nSPS) is 11.7. The standard InChI is InChI=1S/C15H11F2NO3/c16-12-7-6-11(8-13(12)17)18(9-19)14(15(20)21)10-4-2-1-3-5-10/h1-9,14H,(H,20,21). The van der Waals surface area contributed by atoms with Crippen LogP contribution in [0.2, 0.25) is 0 Å². The van der Waals surface area contributed by atoms with Crippen molar-refractivity contribution in [2.45, 2.75) is 6.04 Å². The van der Waals surface area contributed by atoms with Crippen LogP contribution in [0.25, 0.3) is 0 Å². The van der Waals surface area contributed by atoms with Gasteiger partial charge in [-0.1, -0.05) is 30.3 Å². The van der Waals surface area contributed by atoms with Crippen LogP contribution in [-0.2, 0) is 9.59 Å². The summed E-state index contributed by atoms with van der Waals surface area (Å²) in [6.07, 6.45) is 0.276. The van der Waals surface area contributed by atoms with Gasteiger partial charge in [0.1, 0.15) is 0 Å². The SMILES string of the molecule is O=CN(c1ccc(F)c(F)c1)C(C(=O)O)c1ccccc1. The highest BCUT2D eigenvalue weighted by Gasteiger charge is 2.28. The Kier molecular flexibility index (Phi) is 4.27. The molecule has 0 aliphatic heterocycles. The lowest BCUT2D eigenvalue weighted by Crippen LogP contribution is -2.33. The van der Waals surface area contributed by atoms with Crippen LogP contribution in [0.1, 0.15) is 11.6 Å². The van der Waals surface area contributed by atoms with Gasteiger partial charge in [0.15, 0.2) is 17.7 Å². The molecule has 1 N–H and O–H groups in total. The van der Waals surface area contributed by atoms with E-state index in [4.69, 9.17) is 0 Å². The van der Waals surface area contributed by atoms with Gasteiger partial charge in [0.05, 0.1) is 0 Å². The Hall–Kier alpha value is -2.76. The minimum absolute atomic E-state index is 0.0415. The summed E-state index contributed by atoms with van der Waals surface area (Å²) in [5.41, 5.74) is 0.307. The summed E-state index contributed by atoms with van der Waals surface area (Å²) in [6.45, 7) is 0. The molecule has 2 aromatic rings. The number of halogens is 2. The summed E-state index contributed by atoms with van der Waals surface area (Å²) in [6, 6.07) is 9.46. The number of rotatable bonds is 5. The molecule has 6 heteroatoms. The number of benzene rings is 2. The minimum Gasteiger partial charge on any atom is -0.479 e. The second kappa shape index (κ2) is 6.13. The van der Waals surface area contributed by atoms with Gasteiger partial charge in [-0.05, 0) is 17.7 Å². The van der Waals surface area contributed by atoms with Gasteiger partial charge in [-0.2, -0.15) is 0 Å². The summed E-state index contributed by atoms with van der Waals surface area (Å²) in [7, 11) is 0. The largest absolute Gasteiger partial charge is 0.479 e. The lowest BCUT2D eigenvalue weighted by Gasteiger charge is -2.25. The van der Waals surface area contributed by atoms with Crippen molar-refractivity contribution in [2.24, 2.45) is 0 Å². The molecule has 0 spiro atoms. The molecule has 0 heterocycles. The summed E-state index contributed by atoms with van der Waals surface area (Å²) >= 11 is 0. The van der Waals surface area contributed by atoms with Crippen LogP contribution >= 0.6 is 0 Å². The van der Waals surface area contributed by atoms with E-state index in [-0.39, 0.29) is 12.1 Å². The smallest absolute Gasteiger partial charge is 0.331 e. The molecule has 0 saturated heterocycles. The van der Waals surface area contributed by atoms with Gasteiger partial charge in [-0.25, -0.2) is 13.6 Å². The Morgan fingerprint density at radius 3 is 2.29 bits per heavy atom. The monoisotopic (exact) mass is 291 g/mol. The molecule has 0 bridgehead atoms. The van der Waals surface area contributed by atoms with E-state index in [1.807, 2.05) is 0 Å². The Labute approximate surface area is 119 Å². The molecule has 108 valence electrons. The topological polar surface area (TPSA) is 57.6 Å². The number of nitrogens with zero attached hydrogens (tertiary/aromatic N) is 1. The summed E-state index contributed by atoms with van der Waals surface area (Å²) in [4.78, 5) is 23.6. The highest BCUT2D eigenvalue weighted by molar-refractivity contribution is 5.89. The summed E-state index contributed by atoms with van der Waals surface area (Å²) in [5, 5.41) is 9.35. The fourth-order valence-electron chi connectivity index (χ4n) is 1.97. The van der Waals surface area contributed by atoms with Gasteiger partial charge in [-0.15, -0.1) is 0 Å². The number of aliphatic carboxylic acids is 1. The zero-order valence-electron chi connectivity index (χ0n) is 10.7. The zero-order valence-corrected chi connectivity index (χ0v) is 10.7. The Morgan fingerprint density at radius 2 is 1.76 bits per heavy atom. The molecular weight excluding hydrogens is 280 g/mol. The molecule has 1 amide bonds. The molecule has 0 radical (unpaired) electrons. The highest BCUT2D eigenvalue weighted by Crippen LogP contribution is 2.27. The number of hydrogen-bond acceptors (Lipinski definition) is 2. The van der Waals surface area contributed by atoms with E-state index in [0.717, 1.165) is 23.1 Å². The number of hydrogen-bond donors (Lipinski definition) is 1. The maximum atomic E-state index is 13.3. The molecule has 0 aliphatic rings. The average Bonchev–Trinajstić information content (AvgIpc) is 2.48. The molecule has 0 aliphatic carbocycles. The van der Waals surface area contributed by atoms with Crippen LogP contribution in [-0.4, -0.2) is 17.5 Å². The maximum Gasteiger partial charge on any atom is 0.331 e. The van der Waals surface area contributed by atoms with Gasteiger partial charge in [-0.3, -0.25) is 9.69 Å². The Balaban J connectivity index is 2.48. The van der Waals surface area contributed by atoms with Crippen molar-refractivity contribution >= 4 is 18.1 Å². The van der Waals surface area contributed by atoms with Crippen molar-refractivity contribution in [3.05, 3.63) is 65.7 Å². The van der Waals surface area contributed by atoms with Crippen LogP contribution in [0.4, 0.5) is 14.5 Å². The third kappa shape index (κ3) is 3.05. The van der Waals surface area contributed by atoms with E-state index in [0.29, 0.717) is 5.56 Å². The van der Waals surface area contributed by atoms with Crippen molar-refractivity contribution < 1.29 is 23.5 Å². The molecule has 0 saturated carbocycles.